The van der Waals surface area contributed by atoms with Crippen molar-refractivity contribution in [2.45, 2.75) is 69.7 Å². The van der Waals surface area contributed by atoms with E-state index in [2.05, 4.69) is 9.47 Å². The minimum absolute atomic E-state index is 0.438. The lowest BCUT2D eigenvalue weighted by atomic mass is 9.99. The maximum atomic E-state index is 12.5. The average molecular weight is 433 g/mol. The lowest BCUT2D eigenvalue weighted by Gasteiger charge is -2.33. The van der Waals surface area contributed by atoms with Gasteiger partial charge in [0.1, 0.15) is 0 Å². The van der Waals surface area contributed by atoms with E-state index >= 15 is 0 Å². The van der Waals surface area contributed by atoms with Gasteiger partial charge in [0, 0.05) is 0 Å². The molecule has 0 saturated heterocycles. The molecule has 0 N–H and O–H groups in total. The highest BCUT2D eigenvalue weighted by Gasteiger charge is 2.48. The molecule has 0 amide bonds. The van der Waals surface area contributed by atoms with Crippen molar-refractivity contribution >= 4 is 32.2 Å². The molecule has 0 heterocycles. The molecule has 0 aliphatic heterocycles. The van der Waals surface area contributed by atoms with Crippen LogP contribution in [0.2, 0.25) is 0 Å². The van der Waals surface area contributed by atoms with E-state index in [9.17, 15) is 26.4 Å². The van der Waals surface area contributed by atoms with Crippen LogP contribution in [0, 0.1) is 0 Å². The lowest BCUT2D eigenvalue weighted by Crippen LogP contribution is -2.47. The van der Waals surface area contributed by atoms with Crippen molar-refractivity contribution in [1.29, 1.82) is 0 Å². The molecule has 0 rings (SSSR count). The Kier molecular flexibility index (Phi) is 8.44. The van der Waals surface area contributed by atoms with Crippen LogP contribution < -0.4 is 0 Å². The van der Waals surface area contributed by atoms with Gasteiger partial charge in [-0.1, -0.05) is 0 Å². The third-order valence-electron chi connectivity index (χ3n) is 3.81. The third-order valence-corrected chi connectivity index (χ3v) is 7.89. The SMILES string of the molecule is COC(=O)C(C)OS(=O)(=O)C(C)(C)CC(C)(C)S(=O)(=O)OC(C)C(=O)OC. The van der Waals surface area contributed by atoms with Crippen LogP contribution in [-0.4, -0.2) is 64.7 Å². The van der Waals surface area contributed by atoms with Crippen molar-refractivity contribution in [3.8, 4) is 0 Å². The summed E-state index contributed by atoms with van der Waals surface area (Å²) in [5.41, 5.74) is 0. The van der Waals surface area contributed by atoms with Gasteiger partial charge in [-0.05, 0) is 48.0 Å². The van der Waals surface area contributed by atoms with Gasteiger partial charge in [-0.15, -0.1) is 0 Å². The summed E-state index contributed by atoms with van der Waals surface area (Å²) in [6, 6.07) is 0. The second kappa shape index (κ2) is 8.84. The van der Waals surface area contributed by atoms with Crippen LogP contribution in [0.5, 0.6) is 0 Å². The van der Waals surface area contributed by atoms with Crippen LogP contribution in [0.3, 0.4) is 0 Å². The first-order valence-corrected chi connectivity index (χ1v) is 10.8. The molecule has 2 unspecified atom stereocenters. The van der Waals surface area contributed by atoms with Crippen LogP contribution in [0.15, 0.2) is 0 Å². The van der Waals surface area contributed by atoms with Gasteiger partial charge in [-0.25, -0.2) is 9.59 Å². The van der Waals surface area contributed by atoms with Crippen molar-refractivity contribution in [2.75, 3.05) is 14.2 Å². The van der Waals surface area contributed by atoms with Crippen molar-refractivity contribution in [1.82, 2.24) is 0 Å². The van der Waals surface area contributed by atoms with E-state index in [1.165, 1.54) is 41.5 Å². The average Bonchev–Trinajstić information content (AvgIpc) is 2.50. The van der Waals surface area contributed by atoms with E-state index in [1.807, 2.05) is 0 Å². The Morgan fingerprint density at radius 2 is 1.00 bits per heavy atom. The van der Waals surface area contributed by atoms with Crippen LogP contribution in [0.1, 0.15) is 48.0 Å². The van der Waals surface area contributed by atoms with E-state index in [4.69, 9.17) is 8.37 Å². The number of rotatable bonds is 10. The second-order valence-electron chi connectivity index (χ2n) is 7.13. The number of hydrogen-bond donors (Lipinski definition) is 0. The molecule has 0 aromatic carbocycles. The number of esters is 2. The molecule has 0 aromatic heterocycles. The molecule has 0 aliphatic rings. The highest BCUT2D eigenvalue weighted by molar-refractivity contribution is 7.89. The predicted octanol–water partition coefficient (Wildman–Crippen LogP) is 0.750. The first-order chi connectivity index (χ1) is 11.9. The first-order valence-electron chi connectivity index (χ1n) is 7.95. The zero-order valence-electron chi connectivity index (χ0n) is 16.8. The molecular formula is C15H28O10S2. The summed E-state index contributed by atoms with van der Waals surface area (Å²) in [6.07, 6.45) is -3.23. The molecule has 0 fully saturated rings. The fourth-order valence-corrected chi connectivity index (χ4v) is 4.86. The minimum Gasteiger partial charge on any atom is -0.467 e. The van der Waals surface area contributed by atoms with Crippen molar-refractivity contribution in [2.24, 2.45) is 0 Å². The standard InChI is InChI=1S/C15H28O10S2/c1-10(12(16)22-7)24-26(18,19)14(3,4)9-15(5,6)27(20,21)25-11(2)13(17)23-8/h10-11H,9H2,1-8H3. The highest BCUT2D eigenvalue weighted by atomic mass is 32.2. The Morgan fingerprint density at radius 3 is 1.22 bits per heavy atom. The van der Waals surface area contributed by atoms with Crippen LogP contribution in [0.4, 0.5) is 0 Å². The molecule has 0 saturated carbocycles. The second-order valence-corrected chi connectivity index (χ2v) is 11.5. The van der Waals surface area contributed by atoms with Gasteiger partial charge in [0.15, 0.2) is 12.2 Å². The Balaban J connectivity index is 5.55. The number of ether oxygens (including phenoxy) is 2. The number of hydrogen-bond acceptors (Lipinski definition) is 10. The van der Waals surface area contributed by atoms with Crippen molar-refractivity contribution in [3.05, 3.63) is 0 Å². The first kappa shape index (κ1) is 25.8. The molecule has 0 bridgehead atoms. The molecular weight excluding hydrogens is 404 g/mol. The van der Waals surface area contributed by atoms with Gasteiger partial charge in [0.05, 0.1) is 23.7 Å². The molecule has 0 radical (unpaired) electrons. The molecule has 12 heteroatoms. The molecule has 27 heavy (non-hydrogen) atoms. The van der Waals surface area contributed by atoms with E-state index in [0.717, 1.165) is 14.2 Å². The summed E-state index contributed by atoms with van der Waals surface area (Å²) in [6.45, 7) is 7.42. The highest BCUT2D eigenvalue weighted by Crippen LogP contribution is 2.35. The number of carbonyl (C=O) groups excluding carboxylic acids is 2. The summed E-state index contributed by atoms with van der Waals surface area (Å²) >= 11 is 0. The number of methoxy groups -OCH3 is 2. The minimum atomic E-state index is -4.37. The van der Waals surface area contributed by atoms with Gasteiger partial charge in [0.25, 0.3) is 20.2 Å². The van der Waals surface area contributed by atoms with Crippen LogP contribution >= 0.6 is 0 Å². The summed E-state index contributed by atoms with van der Waals surface area (Å²) in [7, 11) is -6.58. The van der Waals surface area contributed by atoms with Gasteiger partial charge < -0.3 is 9.47 Å². The van der Waals surface area contributed by atoms with Gasteiger partial charge >= 0.3 is 11.9 Å². The van der Waals surface area contributed by atoms with Crippen molar-refractivity contribution < 1.29 is 44.3 Å². The summed E-state index contributed by atoms with van der Waals surface area (Å²) in [5.74, 6) is -1.78. The zero-order valence-corrected chi connectivity index (χ0v) is 18.4. The molecule has 0 spiro atoms. The maximum absolute atomic E-state index is 12.5. The monoisotopic (exact) mass is 432 g/mol. The largest absolute Gasteiger partial charge is 0.467 e. The fraction of sp³-hybridized carbons (Fsp3) is 0.867. The Bertz CT molecular complexity index is 685. The Hall–Kier alpha value is -1.24. The summed E-state index contributed by atoms with van der Waals surface area (Å²) in [5, 5.41) is 0. The third kappa shape index (κ3) is 6.40. The van der Waals surface area contributed by atoms with Crippen LogP contribution in [0.25, 0.3) is 0 Å². The summed E-state index contributed by atoms with van der Waals surface area (Å²) < 4.78 is 65.2. The zero-order chi connectivity index (χ0) is 21.8. The van der Waals surface area contributed by atoms with E-state index in [0.29, 0.717) is 0 Å². The maximum Gasteiger partial charge on any atom is 0.336 e. The van der Waals surface area contributed by atoms with Gasteiger partial charge in [-0.2, -0.15) is 16.8 Å². The molecule has 10 nitrogen and oxygen atoms in total. The van der Waals surface area contributed by atoms with E-state index in [-0.39, 0.29) is 0 Å². The molecule has 0 aromatic rings. The molecule has 2 atom stereocenters. The van der Waals surface area contributed by atoms with E-state index in [1.54, 1.807) is 0 Å². The molecule has 160 valence electrons. The Labute approximate surface area is 160 Å². The smallest absolute Gasteiger partial charge is 0.336 e. The topological polar surface area (TPSA) is 139 Å². The predicted molar refractivity (Wildman–Crippen MR) is 95.7 cm³/mol. The normalized spacial score (nSPS) is 15.7. The van der Waals surface area contributed by atoms with E-state index < -0.39 is 60.3 Å². The van der Waals surface area contributed by atoms with Gasteiger partial charge in [-0.3, -0.25) is 8.37 Å². The lowest BCUT2D eigenvalue weighted by molar-refractivity contribution is -0.148. The quantitative estimate of drug-likeness (QED) is 0.359. The fourth-order valence-electron chi connectivity index (χ4n) is 2.25. The van der Waals surface area contributed by atoms with Gasteiger partial charge in [0.2, 0.25) is 0 Å². The molecule has 0 aliphatic carbocycles. The Morgan fingerprint density at radius 1 is 0.741 bits per heavy atom. The van der Waals surface area contributed by atoms with Crippen molar-refractivity contribution in [3.63, 3.8) is 0 Å². The number of carbonyl (C=O) groups is 2. The van der Waals surface area contributed by atoms with Crippen LogP contribution in [-0.2, 0) is 47.7 Å². The summed E-state index contributed by atoms with van der Waals surface area (Å²) in [4.78, 5) is 22.8.